The molecule has 0 amide bonds. The van der Waals surface area contributed by atoms with Gasteiger partial charge in [0.15, 0.2) is 0 Å². The molecular formula is C26H38OS. The van der Waals surface area contributed by atoms with E-state index < -0.39 is 10.8 Å². The predicted molar refractivity (Wildman–Crippen MR) is 125 cm³/mol. The van der Waals surface area contributed by atoms with Gasteiger partial charge in [-0.3, -0.25) is 0 Å². The highest BCUT2D eigenvalue weighted by molar-refractivity contribution is 7.93. The highest BCUT2D eigenvalue weighted by Crippen LogP contribution is 2.47. The molecule has 4 atom stereocenters. The SMILES string of the molecule is CCC=CC1(C)C(C)=C(S(=O)C2=C(C)C(C)(C=CCC)C(C)C=C2)C=CC1C. The fourth-order valence-corrected chi connectivity index (χ4v) is 5.76. The first-order valence-corrected chi connectivity index (χ1v) is 11.8. The van der Waals surface area contributed by atoms with E-state index in [4.69, 9.17) is 0 Å². The third-order valence-electron chi connectivity index (χ3n) is 7.12. The van der Waals surface area contributed by atoms with Gasteiger partial charge in [0.05, 0.1) is 10.8 Å². The third kappa shape index (κ3) is 3.99. The van der Waals surface area contributed by atoms with E-state index in [0.717, 1.165) is 22.7 Å². The minimum absolute atomic E-state index is 0.0820. The monoisotopic (exact) mass is 398 g/mol. The van der Waals surface area contributed by atoms with Crippen molar-refractivity contribution in [1.29, 1.82) is 0 Å². The van der Waals surface area contributed by atoms with Crippen LogP contribution in [-0.2, 0) is 10.8 Å². The molecule has 0 radical (unpaired) electrons. The topological polar surface area (TPSA) is 17.1 Å². The first kappa shape index (κ1) is 22.9. The molecule has 0 fully saturated rings. The van der Waals surface area contributed by atoms with Crippen molar-refractivity contribution in [3.63, 3.8) is 0 Å². The molecule has 0 saturated carbocycles. The first-order chi connectivity index (χ1) is 13.1. The molecule has 154 valence electrons. The summed E-state index contributed by atoms with van der Waals surface area (Å²) in [6, 6.07) is 0. The van der Waals surface area contributed by atoms with Crippen molar-refractivity contribution in [2.45, 2.75) is 68.2 Å². The molecule has 2 aliphatic carbocycles. The summed E-state index contributed by atoms with van der Waals surface area (Å²) in [6.07, 6.45) is 19.8. The second kappa shape index (κ2) is 8.95. The molecule has 2 rings (SSSR count). The average Bonchev–Trinajstić information content (AvgIpc) is 2.67. The van der Waals surface area contributed by atoms with Gasteiger partial charge in [-0.2, -0.15) is 0 Å². The summed E-state index contributed by atoms with van der Waals surface area (Å²) in [6.45, 7) is 17.7. The van der Waals surface area contributed by atoms with Crippen molar-refractivity contribution >= 4 is 10.8 Å². The number of rotatable bonds is 6. The molecule has 4 unspecified atom stereocenters. The van der Waals surface area contributed by atoms with Crippen LogP contribution in [0.25, 0.3) is 0 Å². The minimum Gasteiger partial charge on any atom is -0.249 e. The Labute approximate surface area is 175 Å². The number of hydrogen-bond acceptors (Lipinski definition) is 1. The molecular weight excluding hydrogens is 360 g/mol. The van der Waals surface area contributed by atoms with Crippen LogP contribution in [0.3, 0.4) is 0 Å². The molecule has 2 heteroatoms. The van der Waals surface area contributed by atoms with Crippen LogP contribution in [0.5, 0.6) is 0 Å². The Kier molecular flexibility index (Phi) is 7.31. The van der Waals surface area contributed by atoms with Crippen molar-refractivity contribution in [3.8, 4) is 0 Å². The van der Waals surface area contributed by atoms with Gasteiger partial charge in [-0.05, 0) is 61.8 Å². The molecule has 0 N–H and O–H groups in total. The summed E-state index contributed by atoms with van der Waals surface area (Å²) in [7, 11) is -1.17. The van der Waals surface area contributed by atoms with Crippen LogP contribution >= 0.6 is 0 Å². The van der Waals surface area contributed by atoms with Crippen LogP contribution in [0.2, 0.25) is 0 Å². The Morgan fingerprint density at radius 3 is 1.54 bits per heavy atom. The standard InChI is InChI=1S/C26H38OS/c1-9-11-17-25(7)19(3)13-15-23(21(25)5)28(27)24-16-14-20(4)26(8,22(24)6)18-12-10-2/h11-20H,9-10H2,1-8H3. The maximum Gasteiger partial charge on any atom is 0.0848 e. The number of hydrogen-bond donors (Lipinski definition) is 0. The average molecular weight is 399 g/mol. The zero-order valence-corrected chi connectivity index (χ0v) is 19.8. The molecule has 0 aromatic carbocycles. The van der Waals surface area contributed by atoms with Gasteiger partial charge in [0.25, 0.3) is 0 Å². The van der Waals surface area contributed by atoms with Crippen molar-refractivity contribution in [3.05, 3.63) is 69.6 Å². The summed E-state index contributed by atoms with van der Waals surface area (Å²) in [5.74, 6) is 0.789. The van der Waals surface area contributed by atoms with Gasteiger partial charge in [0, 0.05) is 20.6 Å². The molecule has 0 bridgehead atoms. The molecule has 1 nitrogen and oxygen atoms in total. The van der Waals surface area contributed by atoms with Gasteiger partial charge >= 0.3 is 0 Å². The Bertz CT molecular complexity index is 738. The van der Waals surface area contributed by atoms with Crippen molar-refractivity contribution in [1.82, 2.24) is 0 Å². The number of allylic oxidation sites excluding steroid dienone is 10. The molecule has 0 aliphatic heterocycles. The third-order valence-corrected chi connectivity index (χ3v) is 8.80. The largest absolute Gasteiger partial charge is 0.249 e. The summed E-state index contributed by atoms with van der Waals surface area (Å²) in [5, 5.41) is 0. The van der Waals surface area contributed by atoms with Gasteiger partial charge < -0.3 is 0 Å². The highest BCUT2D eigenvalue weighted by Gasteiger charge is 2.38. The fourth-order valence-electron chi connectivity index (χ4n) is 4.13. The van der Waals surface area contributed by atoms with E-state index in [1.165, 1.54) is 11.1 Å². The van der Waals surface area contributed by atoms with Crippen molar-refractivity contribution in [2.24, 2.45) is 22.7 Å². The second-order valence-corrected chi connectivity index (χ2v) is 10.1. The zero-order valence-electron chi connectivity index (χ0n) is 19.0. The van der Waals surface area contributed by atoms with E-state index in [2.05, 4.69) is 104 Å². The molecule has 0 saturated heterocycles. The van der Waals surface area contributed by atoms with Crippen LogP contribution in [-0.4, -0.2) is 4.21 Å². The molecule has 0 aromatic heterocycles. The molecule has 0 aromatic rings. The van der Waals surface area contributed by atoms with Gasteiger partial charge in [0.1, 0.15) is 0 Å². The Morgan fingerprint density at radius 2 is 1.21 bits per heavy atom. The Morgan fingerprint density at radius 1 is 0.857 bits per heavy atom. The van der Waals surface area contributed by atoms with E-state index in [9.17, 15) is 4.21 Å². The van der Waals surface area contributed by atoms with E-state index >= 15 is 0 Å². The van der Waals surface area contributed by atoms with E-state index in [0.29, 0.717) is 11.8 Å². The minimum atomic E-state index is -1.17. The van der Waals surface area contributed by atoms with Crippen LogP contribution in [0.1, 0.15) is 68.2 Å². The Balaban J connectivity index is 2.55. The lowest BCUT2D eigenvalue weighted by molar-refractivity contribution is 0.387. The molecule has 2 aliphatic rings. The first-order valence-electron chi connectivity index (χ1n) is 10.7. The summed E-state index contributed by atoms with van der Waals surface area (Å²) in [4.78, 5) is 1.94. The van der Waals surface area contributed by atoms with Crippen LogP contribution in [0.15, 0.2) is 69.6 Å². The lowest BCUT2D eigenvalue weighted by atomic mass is 9.70. The van der Waals surface area contributed by atoms with Crippen LogP contribution in [0.4, 0.5) is 0 Å². The Hall–Kier alpha value is -1.41. The fraction of sp³-hybridized carbons (Fsp3) is 0.538. The normalized spacial score (nSPS) is 34.9. The molecule has 28 heavy (non-hydrogen) atoms. The van der Waals surface area contributed by atoms with Gasteiger partial charge in [0.2, 0.25) is 0 Å². The molecule has 0 heterocycles. The quantitative estimate of drug-likeness (QED) is 0.420. The van der Waals surface area contributed by atoms with Crippen molar-refractivity contribution < 1.29 is 4.21 Å². The predicted octanol–water partition coefficient (Wildman–Crippen LogP) is 7.64. The lowest BCUT2D eigenvalue weighted by Gasteiger charge is -2.39. The van der Waals surface area contributed by atoms with E-state index in [1.54, 1.807) is 0 Å². The second-order valence-electron chi connectivity index (χ2n) is 8.73. The van der Waals surface area contributed by atoms with E-state index in [-0.39, 0.29) is 10.8 Å². The summed E-state index contributed by atoms with van der Waals surface area (Å²) >= 11 is 0. The smallest absolute Gasteiger partial charge is 0.0848 e. The van der Waals surface area contributed by atoms with Gasteiger partial charge in [-0.15, -0.1) is 0 Å². The van der Waals surface area contributed by atoms with Gasteiger partial charge in [-0.1, -0.05) is 78.0 Å². The van der Waals surface area contributed by atoms with Crippen molar-refractivity contribution in [2.75, 3.05) is 0 Å². The lowest BCUT2D eigenvalue weighted by Crippen LogP contribution is -2.29. The van der Waals surface area contributed by atoms with Crippen LogP contribution in [0, 0.1) is 22.7 Å². The van der Waals surface area contributed by atoms with Crippen LogP contribution < -0.4 is 0 Å². The summed E-state index contributed by atoms with van der Waals surface area (Å²) in [5.41, 5.74) is 2.29. The zero-order chi connectivity index (χ0) is 21.1. The maximum atomic E-state index is 13.8. The van der Waals surface area contributed by atoms with Gasteiger partial charge in [-0.25, -0.2) is 4.21 Å². The summed E-state index contributed by atoms with van der Waals surface area (Å²) < 4.78 is 13.8. The molecule has 0 spiro atoms. The maximum absolute atomic E-state index is 13.8. The highest BCUT2D eigenvalue weighted by atomic mass is 32.2. The van der Waals surface area contributed by atoms with E-state index in [1.807, 2.05) is 0 Å².